The van der Waals surface area contributed by atoms with Gasteiger partial charge >= 0.3 is 0 Å². The lowest BCUT2D eigenvalue weighted by molar-refractivity contribution is -0.124. The van der Waals surface area contributed by atoms with Crippen LogP contribution in [0.2, 0.25) is 0 Å². The van der Waals surface area contributed by atoms with Gasteiger partial charge in [-0.2, -0.15) is 0 Å². The van der Waals surface area contributed by atoms with Gasteiger partial charge in [0.15, 0.2) is 0 Å². The molecule has 0 bridgehead atoms. The summed E-state index contributed by atoms with van der Waals surface area (Å²) in [5, 5.41) is 2.87. The number of nitrogens with one attached hydrogen (secondary N) is 1. The predicted molar refractivity (Wildman–Crippen MR) is 108 cm³/mol. The molecule has 0 saturated heterocycles. The number of carbonyl (C=O) groups excluding carboxylic acids is 1. The summed E-state index contributed by atoms with van der Waals surface area (Å²) in [7, 11) is -3.59. The molecule has 0 heterocycles. The quantitative estimate of drug-likeness (QED) is 0.597. The zero-order valence-corrected chi connectivity index (χ0v) is 16.5. The van der Waals surface area contributed by atoms with E-state index in [1.54, 1.807) is 0 Å². The number of halogens is 1. The van der Waals surface area contributed by atoms with Gasteiger partial charge < -0.3 is 15.9 Å². The third kappa shape index (κ3) is 6.93. The predicted octanol–water partition coefficient (Wildman–Crippen LogP) is 3.16. The van der Waals surface area contributed by atoms with Gasteiger partial charge in [-0.25, -0.2) is 0 Å². The maximum atomic E-state index is 12.6. The molecule has 2 rings (SSSR count). The normalized spacial score (nSPS) is 15.2. The molecular weight excluding hydrogens is 371 g/mol. The third-order valence-electron chi connectivity index (χ3n) is 4.12. The Morgan fingerprint density at radius 1 is 1.08 bits per heavy atom. The molecule has 3 unspecified atom stereocenters. The standard InChI is InChI=1S/C19H25N2O3P.ClH/c1-15(20)25(23,24)14-18(12-16-8-4-2-5-9-16)19(22)21-13-17-10-6-3-7-11-17;/h2-11,15,18H,12-14,20H2,1H3,(H,21,22)(H,23,24);1H. The molecular formula is C19H26ClN2O3P. The second-order valence-corrected chi connectivity index (χ2v) is 8.96. The maximum Gasteiger partial charge on any atom is 0.224 e. The van der Waals surface area contributed by atoms with Gasteiger partial charge in [0.05, 0.1) is 11.7 Å². The maximum absolute atomic E-state index is 12.6. The average molecular weight is 397 g/mol. The highest BCUT2D eigenvalue weighted by Crippen LogP contribution is 2.45. The first-order valence-corrected chi connectivity index (χ1v) is 10.2. The van der Waals surface area contributed by atoms with Crippen LogP contribution in [-0.4, -0.2) is 22.7 Å². The SMILES string of the molecule is CC(N)P(=O)(O)CC(Cc1ccccc1)C(=O)NCc1ccccc1.Cl. The summed E-state index contributed by atoms with van der Waals surface area (Å²) in [6, 6.07) is 19.0. The fourth-order valence-electron chi connectivity index (χ4n) is 2.55. The van der Waals surface area contributed by atoms with Gasteiger partial charge in [0.1, 0.15) is 0 Å². The van der Waals surface area contributed by atoms with Gasteiger partial charge in [-0.15, -0.1) is 12.4 Å². The number of nitrogens with two attached hydrogens (primary N) is 1. The Labute approximate surface area is 160 Å². The molecule has 1 amide bonds. The minimum absolute atomic E-state index is 0. The molecule has 0 aliphatic heterocycles. The number of hydrogen-bond donors (Lipinski definition) is 3. The van der Waals surface area contributed by atoms with E-state index >= 15 is 0 Å². The fourth-order valence-corrected chi connectivity index (χ4v) is 3.81. The summed E-state index contributed by atoms with van der Waals surface area (Å²) in [5.74, 6) is -1.69. The Morgan fingerprint density at radius 3 is 2.08 bits per heavy atom. The Bertz CT molecular complexity index is 726. The largest absolute Gasteiger partial charge is 0.352 e. The lowest BCUT2D eigenvalue weighted by Gasteiger charge is -2.22. The Hall–Kier alpha value is -1.65. The Balaban J connectivity index is 0.00000338. The highest BCUT2D eigenvalue weighted by atomic mass is 35.5. The molecule has 0 saturated carbocycles. The first-order valence-electron chi connectivity index (χ1n) is 8.31. The van der Waals surface area contributed by atoms with E-state index in [1.165, 1.54) is 6.92 Å². The summed E-state index contributed by atoms with van der Waals surface area (Å²) in [4.78, 5) is 22.8. The topological polar surface area (TPSA) is 92.4 Å². The number of hydrogen-bond acceptors (Lipinski definition) is 3. The van der Waals surface area contributed by atoms with Crippen molar-refractivity contribution >= 4 is 25.7 Å². The van der Waals surface area contributed by atoms with Crippen molar-refractivity contribution in [2.45, 2.75) is 25.7 Å². The van der Waals surface area contributed by atoms with Crippen molar-refractivity contribution in [3.05, 3.63) is 71.8 Å². The molecule has 5 nitrogen and oxygen atoms in total. The second kappa shape index (κ2) is 10.5. The molecule has 0 aromatic heterocycles. The molecule has 142 valence electrons. The molecule has 0 aliphatic carbocycles. The highest BCUT2D eigenvalue weighted by Gasteiger charge is 2.32. The van der Waals surface area contributed by atoms with Crippen LogP contribution in [0.5, 0.6) is 0 Å². The minimum atomic E-state index is -3.59. The smallest absolute Gasteiger partial charge is 0.224 e. The molecule has 0 radical (unpaired) electrons. The number of carbonyl (C=O) groups is 1. The zero-order valence-electron chi connectivity index (χ0n) is 14.7. The summed E-state index contributed by atoms with van der Waals surface area (Å²) in [6.45, 7) is 1.89. The number of rotatable bonds is 8. The van der Waals surface area contributed by atoms with E-state index in [4.69, 9.17) is 5.73 Å². The highest BCUT2D eigenvalue weighted by molar-refractivity contribution is 7.58. The van der Waals surface area contributed by atoms with Gasteiger partial charge in [-0.3, -0.25) is 9.36 Å². The molecule has 0 fully saturated rings. The third-order valence-corrected chi connectivity index (χ3v) is 6.36. The molecule has 2 aromatic carbocycles. The molecule has 26 heavy (non-hydrogen) atoms. The van der Waals surface area contributed by atoms with Crippen molar-refractivity contribution in [2.75, 3.05) is 6.16 Å². The lowest BCUT2D eigenvalue weighted by Crippen LogP contribution is -2.35. The lowest BCUT2D eigenvalue weighted by atomic mass is 10.00. The molecule has 3 atom stereocenters. The van der Waals surface area contributed by atoms with Crippen LogP contribution in [-0.2, 0) is 22.3 Å². The number of amides is 1. The molecule has 4 N–H and O–H groups in total. The minimum Gasteiger partial charge on any atom is -0.352 e. The van der Waals surface area contributed by atoms with Crippen molar-refractivity contribution < 1.29 is 14.3 Å². The van der Waals surface area contributed by atoms with Crippen LogP contribution in [0.1, 0.15) is 18.1 Å². The van der Waals surface area contributed by atoms with Gasteiger partial charge in [-0.1, -0.05) is 60.7 Å². The van der Waals surface area contributed by atoms with E-state index < -0.39 is 19.1 Å². The zero-order chi connectivity index (χ0) is 18.3. The van der Waals surface area contributed by atoms with Gasteiger partial charge in [0.25, 0.3) is 0 Å². The van der Waals surface area contributed by atoms with Gasteiger partial charge in [-0.05, 0) is 24.5 Å². The summed E-state index contributed by atoms with van der Waals surface area (Å²) >= 11 is 0. The molecule has 0 aliphatic rings. The Kier molecular flexibility index (Phi) is 9.03. The van der Waals surface area contributed by atoms with Crippen LogP contribution < -0.4 is 11.1 Å². The van der Waals surface area contributed by atoms with Crippen LogP contribution in [0.15, 0.2) is 60.7 Å². The summed E-state index contributed by atoms with van der Waals surface area (Å²) < 4.78 is 12.3. The van der Waals surface area contributed by atoms with E-state index in [0.717, 1.165) is 11.1 Å². The van der Waals surface area contributed by atoms with E-state index in [-0.39, 0.29) is 24.5 Å². The van der Waals surface area contributed by atoms with Crippen molar-refractivity contribution in [2.24, 2.45) is 11.7 Å². The van der Waals surface area contributed by atoms with Crippen LogP contribution in [0.4, 0.5) is 0 Å². The van der Waals surface area contributed by atoms with Crippen LogP contribution >= 0.6 is 19.8 Å². The van der Waals surface area contributed by atoms with Crippen LogP contribution in [0.3, 0.4) is 0 Å². The Morgan fingerprint density at radius 2 is 1.58 bits per heavy atom. The van der Waals surface area contributed by atoms with Crippen LogP contribution in [0, 0.1) is 5.92 Å². The van der Waals surface area contributed by atoms with E-state index in [0.29, 0.717) is 13.0 Å². The second-order valence-electron chi connectivity index (χ2n) is 6.27. The molecule has 7 heteroatoms. The first kappa shape index (κ1) is 22.4. The monoisotopic (exact) mass is 396 g/mol. The van der Waals surface area contributed by atoms with E-state index in [2.05, 4.69) is 5.32 Å². The summed E-state index contributed by atoms with van der Waals surface area (Å²) in [5.41, 5.74) is 7.56. The first-order chi connectivity index (χ1) is 11.9. The van der Waals surface area contributed by atoms with Crippen molar-refractivity contribution in [3.8, 4) is 0 Å². The van der Waals surface area contributed by atoms with E-state index in [9.17, 15) is 14.3 Å². The van der Waals surface area contributed by atoms with E-state index in [1.807, 2.05) is 60.7 Å². The average Bonchev–Trinajstić information content (AvgIpc) is 2.60. The number of benzene rings is 2. The van der Waals surface area contributed by atoms with Crippen LogP contribution in [0.25, 0.3) is 0 Å². The van der Waals surface area contributed by atoms with Crippen molar-refractivity contribution in [1.82, 2.24) is 5.32 Å². The van der Waals surface area contributed by atoms with Gasteiger partial charge in [0, 0.05) is 12.7 Å². The molecule has 0 spiro atoms. The van der Waals surface area contributed by atoms with Crippen molar-refractivity contribution in [1.29, 1.82) is 0 Å². The summed E-state index contributed by atoms with van der Waals surface area (Å²) in [6.07, 6.45) is 0.277. The van der Waals surface area contributed by atoms with Gasteiger partial charge in [0.2, 0.25) is 13.3 Å². The fraction of sp³-hybridized carbons (Fsp3) is 0.316. The molecule has 2 aromatic rings. The van der Waals surface area contributed by atoms with Crippen molar-refractivity contribution in [3.63, 3.8) is 0 Å².